The maximum atomic E-state index is 12.4. The zero-order valence-corrected chi connectivity index (χ0v) is 11.1. The number of halogens is 3. The van der Waals surface area contributed by atoms with E-state index in [1.165, 1.54) is 0 Å². The number of alkyl halides is 3. The van der Waals surface area contributed by atoms with Crippen LogP contribution in [-0.2, 0) is 6.18 Å². The molecule has 8 heteroatoms. The number of hydrogen-bond donors (Lipinski definition) is 2. The molecule has 108 valence electrons. The van der Waals surface area contributed by atoms with Crippen LogP contribution in [0.3, 0.4) is 0 Å². The van der Waals surface area contributed by atoms with Gasteiger partial charge in [-0.1, -0.05) is 41.7 Å². The number of anilines is 1. The molecule has 1 heterocycles. The lowest BCUT2D eigenvalue weighted by Crippen LogP contribution is -2.12. The molecule has 2 rings (SSSR count). The minimum absolute atomic E-state index is 0.0830. The van der Waals surface area contributed by atoms with E-state index in [0.717, 1.165) is 5.56 Å². The zero-order chi connectivity index (χ0) is 14.6. The largest absolute Gasteiger partial charge is 0.445 e. The molecule has 0 aliphatic carbocycles. The Morgan fingerprint density at radius 2 is 1.90 bits per heavy atom. The van der Waals surface area contributed by atoms with E-state index in [1.807, 2.05) is 30.3 Å². The molecule has 0 radical (unpaired) electrons. The number of nitrogens with zero attached hydrogens (tertiary/aromatic N) is 2. The van der Waals surface area contributed by atoms with Crippen LogP contribution >= 0.6 is 11.3 Å². The van der Waals surface area contributed by atoms with Crippen LogP contribution in [0.4, 0.5) is 18.3 Å². The van der Waals surface area contributed by atoms with Gasteiger partial charge in [0.15, 0.2) is 0 Å². The number of hydrogen-bond acceptors (Lipinski definition) is 5. The SMILES string of the molecule is OCC[C@@H](Nc1nnc(C(F)(F)F)s1)c1ccccc1. The summed E-state index contributed by atoms with van der Waals surface area (Å²) >= 11 is 0.449. The summed E-state index contributed by atoms with van der Waals surface area (Å²) in [4.78, 5) is 0. The highest BCUT2D eigenvalue weighted by Crippen LogP contribution is 2.34. The van der Waals surface area contributed by atoms with E-state index in [4.69, 9.17) is 5.11 Å². The Morgan fingerprint density at radius 3 is 2.45 bits per heavy atom. The summed E-state index contributed by atoms with van der Waals surface area (Å²) in [5.41, 5.74) is 0.866. The summed E-state index contributed by atoms with van der Waals surface area (Å²) in [6, 6.07) is 8.84. The molecule has 0 unspecified atom stereocenters. The summed E-state index contributed by atoms with van der Waals surface area (Å²) in [6.45, 7) is -0.0858. The maximum absolute atomic E-state index is 12.4. The average Bonchev–Trinajstić information content (AvgIpc) is 2.88. The van der Waals surface area contributed by atoms with Crippen LogP contribution < -0.4 is 5.32 Å². The van der Waals surface area contributed by atoms with Gasteiger partial charge < -0.3 is 10.4 Å². The molecule has 0 aliphatic rings. The van der Waals surface area contributed by atoms with Gasteiger partial charge in [0.2, 0.25) is 10.1 Å². The number of aliphatic hydroxyl groups is 1. The van der Waals surface area contributed by atoms with Crippen molar-refractivity contribution in [2.75, 3.05) is 11.9 Å². The van der Waals surface area contributed by atoms with Crippen molar-refractivity contribution in [3.05, 3.63) is 40.9 Å². The van der Waals surface area contributed by atoms with Crippen LogP contribution in [0, 0.1) is 0 Å². The van der Waals surface area contributed by atoms with Gasteiger partial charge in [0.25, 0.3) is 0 Å². The Kier molecular flexibility index (Phi) is 4.56. The molecule has 1 aromatic heterocycles. The van der Waals surface area contributed by atoms with Gasteiger partial charge in [0.05, 0.1) is 6.04 Å². The van der Waals surface area contributed by atoms with Gasteiger partial charge in [-0.3, -0.25) is 0 Å². The van der Waals surface area contributed by atoms with Crippen LogP contribution in [0.25, 0.3) is 0 Å². The number of aliphatic hydroxyl groups excluding tert-OH is 1. The first-order valence-corrected chi connectivity index (χ1v) is 6.65. The molecule has 4 nitrogen and oxygen atoms in total. The Balaban J connectivity index is 2.15. The van der Waals surface area contributed by atoms with Crippen molar-refractivity contribution in [2.45, 2.75) is 18.6 Å². The Bertz CT molecular complexity index is 544. The first-order chi connectivity index (χ1) is 9.50. The highest BCUT2D eigenvalue weighted by atomic mass is 32.1. The van der Waals surface area contributed by atoms with E-state index < -0.39 is 11.2 Å². The van der Waals surface area contributed by atoms with Crippen LogP contribution in [0.2, 0.25) is 0 Å². The van der Waals surface area contributed by atoms with Crippen LogP contribution in [0.5, 0.6) is 0 Å². The minimum atomic E-state index is -4.49. The summed E-state index contributed by atoms with van der Waals surface area (Å²) in [5, 5.41) is 17.6. The summed E-state index contributed by atoms with van der Waals surface area (Å²) < 4.78 is 37.3. The van der Waals surface area contributed by atoms with Gasteiger partial charge in [0, 0.05) is 6.61 Å². The Labute approximate surface area is 117 Å². The van der Waals surface area contributed by atoms with E-state index in [9.17, 15) is 13.2 Å². The first kappa shape index (κ1) is 14.7. The number of aromatic nitrogens is 2. The van der Waals surface area contributed by atoms with Crippen LogP contribution in [0.1, 0.15) is 23.0 Å². The van der Waals surface area contributed by atoms with E-state index in [-0.39, 0.29) is 17.8 Å². The maximum Gasteiger partial charge on any atom is 0.445 e. The molecule has 0 saturated carbocycles. The molecule has 0 fully saturated rings. The fourth-order valence-electron chi connectivity index (χ4n) is 1.68. The molecular formula is C12H12F3N3OS. The molecule has 0 bridgehead atoms. The lowest BCUT2D eigenvalue weighted by molar-refractivity contribution is -0.138. The molecule has 2 aromatic rings. The van der Waals surface area contributed by atoms with Gasteiger partial charge in [-0.15, -0.1) is 10.2 Å². The Morgan fingerprint density at radius 1 is 1.20 bits per heavy atom. The second-order valence-corrected chi connectivity index (χ2v) is 5.01. The Hall–Kier alpha value is -1.67. The van der Waals surface area contributed by atoms with Crippen molar-refractivity contribution in [1.29, 1.82) is 0 Å². The van der Waals surface area contributed by atoms with E-state index >= 15 is 0 Å². The van der Waals surface area contributed by atoms with Gasteiger partial charge >= 0.3 is 6.18 Å². The topological polar surface area (TPSA) is 58.0 Å². The zero-order valence-electron chi connectivity index (χ0n) is 10.3. The molecule has 1 atom stereocenters. The van der Waals surface area contributed by atoms with Crippen molar-refractivity contribution in [3.8, 4) is 0 Å². The summed E-state index contributed by atoms with van der Waals surface area (Å²) in [5.74, 6) is 0. The predicted octanol–water partition coefficient (Wildman–Crippen LogP) is 3.09. The van der Waals surface area contributed by atoms with Gasteiger partial charge in [0.1, 0.15) is 0 Å². The van der Waals surface area contributed by atoms with Crippen molar-refractivity contribution >= 4 is 16.5 Å². The predicted molar refractivity (Wildman–Crippen MR) is 69.4 cm³/mol. The van der Waals surface area contributed by atoms with Crippen molar-refractivity contribution in [3.63, 3.8) is 0 Å². The van der Waals surface area contributed by atoms with Gasteiger partial charge in [-0.25, -0.2) is 0 Å². The fraction of sp³-hybridized carbons (Fsp3) is 0.333. The lowest BCUT2D eigenvalue weighted by atomic mass is 10.0. The van der Waals surface area contributed by atoms with Crippen LogP contribution in [0.15, 0.2) is 30.3 Å². The van der Waals surface area contributed by atoms with Crippen molar-refractivity contribution < 1.29 is 18.3 Å². The van der Waals surface area contributed by atoms with E-state index in [0.29, 0.717) is 17.8 Å². The molecule has 0 spiro atoms. The van der Waals surface area contributed by atoms with Crippen LogP contribution in [-0.4, -0.2) is 21.9 Å². The standard InChI is InChI=1S/C12H12F3N3OS/c13-12(14,15)10-17-18-11(20-10)16-9(6-7-19)8-4-2-1-3-5-8/h1-5,9,19H,6-7H2,(H,16,18)/t9-/m1/s1. The third-order valence-electron chi connectivity index (χ3n) is 2.58. The first-order valence-electron chi connectivity index (χ1n) is 5.83. The highest BCUT2D eigenvalue weighted by Gasteiger charge is 2.35. The monoisotopic (exact) mass is 303 g/mol. The summed E-state index contributed by atoms with van der Waals surface area (Å²) in [6.07, 6.45) is -4.12. The molecule has 20 heavy (non-hydrogen) atoms. The van der Waals surface area contributed by atoms with E-state index in [2.05, 4.69) is 15.5 Å². The second kappa shape index (κ2) is 6.19. The third kappa shape index (κ3) is 3.67. The molecule has 0 aliphatic heterocycles. The smallest absolute Gasteiger partial charge is 0.396 e. The average molecular weight is 303 g/mol. The fourth-order valence-corrected chi connectivity index (χ4v) is 2.35. The van der Waals surface area contributed by atoms with Gasteiger partial charge in [-0.05, 0) is 12.0 Å². The van der Waals surface area contributed by atoms with Crippen molar-refractivity contribution in [2.24, 2.45) is 0 Å². The molecule has 1 aromatic carbocycles. The second-order valence-electron chi connectivity index (χ2n) is 4.03. The summed E-state index contributed by atoms with van der Waals surface area (Å²) in [7, 11) is 0. The highest BCUT2D eigenvalue weighted by molar-refractivity contribution is 7.15. The minimum Gasteiger partial charge on any atom is -0.396 e. The lowest BCUT2D eigenvalue weighted by Gasteiger charge is -2.17. The number of nitrogens with one attached hydrogen (secondary N) is 1. The quantitative estimate of drug-likeness (QED) is 0.891. The molecule has 0 saturated heterocycles. The number of rotatable bonds is 5. The molecular weight excluding hydrogens is 291 g/mol. The normalized spacial score (nSPS) is 13.2. The van der Waals surface area contributed by atoms with Gasteiger partial charge in [-0.2, -0.15) is 13.2 Å². The number of benzene rings is 1. The van der Waals surface area contributed by atoms with E-state index in [1.54, 1.807) is 0 Å². The third-order valence-corrected chi connectivity index (χ3v) is 3.48. The molecule has 0 amide bonds. The van der Waals surface area contributed by atoms with Crippen molar-refractivity contribution in [1.82, 2.24) is 10.2 Å². The molecule has 2 N–H and O–H groups in total.